The van der Waals surface area contributed by atoms with Crippen molar-refractivity contribution in [2.45, 2.75) is 0 Å². The number of hydrogen-bond acceptors (Lipinski definition) is 6. The van der Waals surface area contributed by atoms with Gasteiger partial charge < -0.3 is 0 Å². The maximum absolute atomic E-state index is 4.43. The van der Waals surface area contributed by atoms with E-state index in [0.29, 0.717) is 0 Å². The van der Waals surface area contributed by atoms with Crippen molar-refractivity contribution in [1.29, 1.82) is 0 Å². The molecule has 4 aromatic heterocycles. The Morgan fingerprint density at radius 3 is 1.27 bits per heavy atom. The van der Waals surface area contributed by atoms with Gasteiger partial charge in [-0.25, -0.2) is 0 Å². The first-order valence-corrected chi connectivity index (χ1v) is 6.53. The molecular formula is C14H10N8. The predicted molar refractivity (Wildman–Crippen MR) is 77.3 cm³/mol. The van der Waals surface area contributed by atoms with Gasteiger partial charge in [0.05, 0.1) is 35.2 Å². The van der Waals surface area contributed by atoms with Crippen LogP contribution in [0.3, 0.4) is 0 Å². The van der Waals surface area contributed by atoms with E-state index in [0.717, 1.165) is 22.8 Å². The van der Waals surface area contributed by atoms with Crippen molar-refractivity contribution in [2.75, 3.05) is 0 Å². The van der Waals surface area contributed by atoms with Crippen LogP contribution in [-0.2, 0) is 0 Å². The highest BCUT2D eigenvalue weighted by molar-refractivity contribution is 5.56. The molecule has 4 aromatic rings. The van der Waals surface area contributed by atoms with Crippen LogP contribution in [0.25, 0.3) is 22.8 Å². The zero-order valence-electron chi connectivity index (χ0n) is 11.4. The van der Waals surface area contributed by atoms with Crippen molar-refractivity contribution in [3.05, 3.63) is 62.0 Å². The second-order valence-corrected chi connectivity index (χ2v) is 4.54. The molecule has 106 valence electrons. The van der Waals surface area contributed by atoms with E-state index in [1.807, 2.05) is 24.3 Å². The molecule has 0 bridgehead atoms. The Morgan fingerprint density at radius 2 is 0.955 bits per heavy atom. The molecule has 0 fully saturated rings. The summed E-state index contributed by atoms with van der Waals surface area (Å²) >= 11 is 0. The van der Waals surface area contributed by atoms with E-state index in [4.69, 9.17) is 0 Å². The molecule has 0 aromatic carbocycles. The highest BCUT2D eigenvalue weighted by Crippen LogP contribution is 2.17. The fourth-order valence-corrected chi connectivity index (χ4v) is 2.05. The third-order valence-corrected chi connectivity index (χ3v) is 3.19. The smallest absolute Gasteiger partial charge is 0.123 e. The number of pyridine rings is 2. The van der Waals surface area contributed by atoms with Crippen LogP contribution >= 0.6 is 0 Å². The molecule has 0 aliphatic carbocycles. The van der Waals surface area contributed by atoms with Crippen molar-refractivity contribution in [3.8, 4) is 22.8 Å². The summed E-state index contributed by atoms with van der Waals surface area (Å²) in [5.74, 6) is 0. The first kappa shape index (κ1) is 12.3. The zero-order valence-corrected chi connectivity index (χ0v) is 11.4. The summed E-state index contributed by atoms with van der Waals surface area (Å²) in [7, 11) is 0. The average Bonchev–Trinajstić information content (AvgIpc) is 3.29. The van der Waals surface area contributed by atoms with Crippen molar-refractivity contribution in [3.63, 3.8) is 0 Å². The molecule has 0 atom stereocenters. The van der Waals surface area contributed by atoms with Gasteiger partial charge in [-0.3, -0.25) is 19.1 Å². The molecule has 8 nitrogen and oxygen atoms in total. The van der Waals surface area contributed by atoms with Crippen molar-refractivity contribution in [1.82, 2.24) is 39.5 Å². The Balaban J connectivity index is 1.62. The zero-order chi connectivity index (χ0) is 14.8. The molecular weight excluding hydrogens is 280 g/mol. The fourth-order valence-electron chi connectivity index (χ4n) is 2.05. The summed E-state index contributed by atoms with van der Waals surface area (Å²) in [6, 6.07) is 7.72. The van der Waals surface area contributed by atoms with Crippen LogP contribution in [0.1, 0.15) is 0 Å². The highest BCUT2D eigenvalue weighted by atomic mass is 15.2. The molecule has 0 saturated carbocycles. The van der Waals surface area contributed by atoms with Crippen molar-refractivity contribution in [2.24, 2.45) is 0 Å². The topological polar surface area (TPSA) is 87.2 Å². The Morgan fingerprint density at radius 1 is 0.545 bits per heavy atom. The first-order chi connectivity index (χ1) is 10.9. The van der Waals surface area contributed by atoms with E-state index < -0.39 is 0 Å². The van der Waals surface area contributed by atoms with Crippen LogP contribution in [0.4, 0.5) is 0 Å². The Labute approximate surface area is 125 Å². The van der Waals surface area contributed by atoms with Gasteiger partial charge >= 0.3 is 0 Å². The standard InChI is InChI=1S/C14H10N8/c1-3-13(15-5-11(1)21-7-17-18-8-21)14-4-2-12(6-16-14)22-9-19-20-10-22/h1-10H. The van der Waals surface area contributed by atoms with Crippen LogP contribution in [0.2, 0.25) is 0 Å². The van der Waals surface area contributed by atoms with E-state index in [2.05, 4.69) is 30.4 Å². The molecule has 8 heteroatoms. The lowest BCUT2D eigenvalue weighted by Gasteiger charge is -2.05. The number of aromatic nitrogens is 8. The maximum Gasteiger partial charge on any atom is 0.123 e. The van der Waals surface area contributed by atoms with Crippen LogP contribution in [0, 0.1) is 0 Å². The summed E-state index contributed by atoms with van der Waals surface area (Å²) in [5.41, 5.74) is 3.39. The SMILES string of the molecule is c1cc(-c2ccc(-n3cnnc3)cn2)ncc1-n1cnnc1. The molecule has 0 amide bonds. The normalized spacial score (nSPS) is 10.7. The van der Waals surface area contributed by atoms with Gasteiger partial charge in [-0.15, -0.1) is 20.4 Å². The van der Waals surface area contributed by atoms with Gasteiger partial charge in [0.1, 0.15) is 25.3 Å². The van der Waals surface area contributed by atoms with Crippen LogP contribution in [-0.4, -0.2) is 39.5 Å². The van der Waals surface area contributed by atoms with Gasteiger partial charge in [0.15, 0.2) is 0 Å². The minimum atomic E-state index is 0.798. The third-order valence-electron chi connectivity index (χ3n) is 3.19. The molecule has 0 unspecified atom stereocenters. The average molecular weight is 290 g/mol. The second kappa shape index (κ2) is 5.17. The minimum Gasteiger partial charge on any atom is -0.287 e. The van der Waals surface area contributed by atoms with Crippen LogP contribution in [0.15, 0.2) is 62.0 Å². The lowest BCUT2D eigenvalue weighted by atomic mass is 10.2. The second-order valence-electron chi connectivity index (χ2n) is 4.54. The summed E-state index contributed by atoms with van der Waals surface area (Å²) in [4.78, 5) is 8.85. The lowest BCUT2D eigenvalue weighted by Crippen LogP contribution is -1.95. The predicted octanol–water partition coefficient (Wildman–Crippen LogP) is 1.30. The molecule has 4 rings (SSSR count). The lowest BCUT2D eigenvalue weighted by molar-refractivity contribution is 1.03. The maximum atomic E-state index is 4.43. The Kier molecular flexibility index (Phi) is 2.90. The fraction of sp³-hybridized carbons (Fsp3) is 0. The Bertz CT molecular complexity index is 773. The first-order valence-electron chi connectivity index (χ1n) is 6.53. The van der Waals surface area contributed by atoms with Gasteiger partial charge in [0, 0.05) is 0 Å². The van der Waals surface area contributed by atoms with Gasteiger partial charge in [-0.1, -0.05) is 0 Å². The largest absolute Gasteiger partial charge is 0.287 e. The highest BCUT2D eigenvalue weighted by Gasteiger charge is 2.04. The molecule has 0 N–H and O–H groups in total. The molecule has 0 spiro atoms. The van der Waals surface area contributed by atoms with Crippen molar-refractivity contribution < 1.29 is 0 Å². The van der Waals surface area contributed by atoms with Crippen LogP contribution < -0.4 is 0 Å². The quantitative estimate of drug-likeness (QED) is 0.565. The van der Waals surface area contributed by atoms with Gasteiger partial charge in [0.25, 0.3) is 0 Å². The summed E-state index contributed by atoms with van der Waals surface area (Å²) < 4.78 is 3.58. The Hall–Kier alpha value is -3.42. The third kappa shape index (κ3) is 2.22. The molecule has 0 aliphatic rings. The van der Waals surface area contributed by atoms with Crippen molar-refractivity contribution >= 4 is 0 Å². The monoisotopic (exact) mass is 290 g/mol. The number of rotatable bonds is 3. The minimum absolute atomic E-state index is 0.798. The van der Waals surface area contributed by atoms with Crippen LogP contribution in [0.5, 0.6) is 0 Å². The summed E-state index contributed by atoms with van der Waals surface area (Å²) in [5, 5.41) is 15.1. The molecule has 0 radical (unpaired) electrons. The summed E-state index contributed by atoms with van der Waals surface area (Å²) in [6.07, 6.45) is 10.0. The van der Waals surface area contributed by atoms with Gasteiger partial charge in [0.2, 0.25) is 0 Å². The van der Waals surface area contributed by atoms with Gasteiger partial charge in [-0.05, 0) is 24.3 Å². The molecule has 0 saturated heterocycles. The van der Waals surface area contributed by atoms with E-state index in [1.165, 1.54) is 0 Å². The van der Waals surface area contributed by atoms with E-state index in [9.17, 15) is 0 Å². The van der Waals surface area contributed by atoms with E-state index >= 15 is 0 Å². The molecule has 4 heterocycles. The van der Waals surface area contributed by atoms with Gasteiger partial charge in [-0.2, -0.15) is 0 Å². The van der Waals surface area contributed by atoms with E-state index in [1.54, 1.807) is 46.8 Å². The number of nitrogens with zero attached hydrogens (tertiary/aromatic N) is 8. The van der Waals surface area contributed by atoms with E-state index in [-0.39, 0.29) is 0 Å². The number of hydrogen-bond donors (Lipinski definition) is 0. The molecule has 22 heavy (non-hydrogen) atoms. The summed E-state index contributed by atoms with van der Waals surface area (Å²) in [6.45, 7) is 0. The molecule has 0 aliphatic heterocycles.